The summed E-state index contributed by atoms with van der Waals surface area (Å²) in [7, 11) is 0. The number of fused-ring (bicyclic) bond motifs is 1. The van der Waals surface area contributed by atoms with Crippen molar-refractivity contribution in [1.82, 2.24) is 9.97 Å². The van der Waals surface area contributed by atoms with Crippen LogP contribution in [0.1, 0.15) is 52.7 Å². The Labute approximate surface area is 203 Å². The van der Waals surface area contributed by atoms with Gasteiger partial charge >= 0.3 is 0 Å². The van der Waals surface area contributed by atoms with Crippen LogP contribution in [0.5, 0.6) is 0 Å². The van der Waals surface area contributed by atoms with E-state index in [1.807, 2.05) is 18.2 Å². The fraction of sp³-hybridized carbons (Fsp3) is 0.300. The lowest BCUT2D eigenvalue weighted by atomic mass is 9.84. The summed E-state index contributed by atoms with van der Waals surface area (Å²) in [6, 6.07) is 25.1. The van der Waals surface area contributed by atoms with Crippen molar-refractivity contribution in [1.29, 1.82) is 0 Å². The number of nitrogens with zero attached hydrogens (tertiary/aromatic N) is 3. The fourth-order valence-electron chi connectivity index (χ4n) is 4.15. The molecule has 1 heterocycles. The Balaban J connectivity index is 1.71. The van der Waals surface area contributed by atoms with E-state index in [2.05, 4.69) is 111 Å². The number of para-hydroxylation sites is 2. The second-order valence-electron chi connectivity index (χ2n) is 10.8. The Morgan fingerprint density at radius 3 is 2.32 bits per heavy atom. The molecule has 0 fully saturated rings. The number of hydrogen-bond acceptors (Lipinski definition) is 4. The van der Waals surface area contributed by atoms with Gasteiger partial charge in [0.1, 0.15) is 6.33 Å². The molecule has 0 radical (unpaired) electrons. The minimum Gasteiger partial charge on any atom is -0.380 e. The van der Waals surface area contributed by atoms with Gasteiger partial charge in [0, 0.05) is 38.9 Å². The topological polar surface area (TPSA) is 50.2 Å². The zero-order valence-electron chi connectivity index (χ0n) is 21.1. The van der Waals surface area contributed by atoms with Gasteiger partial charge in [0.2, 0.25) is 0 Å². The predicted molar refractivity (Wildman–Crippen MR) is 144 cm³/mol. The third-order valence-corrected chi connectivity index (χ3v) is 5.57. The number of nitrogens with one attached hydrogen (secondary N) is 1. The lowest BCUT2D eigenvalue weighted by molar-refractivity contribution is 0.587. The van der Waals surface area contributed by atoms with Crippen LogP contribution < -0.4 is 5.32 Å². The quantitative estimate of drug-likeness (QED) is 0.319. The summed E-state index contributed by atoms with van der Waals surface area (Å²) in [6.45, 7) is 13.8. The number of benzene rings is 3. The monoisotopic (exact) mass is 450 g/mol. The maximum atomic E-state index is 5.17. The number of anilines is 1. The molecule has 0 aliphatic heterocycles. The van der Waals surface area contributed by atoms with Gasteiger partial charge in [-0.3, -0.25) is 4.99 Å². The van der Waals surface area contributed by atoms with Crippen molar-refractivity contribution in [3.63, 3.8) is 0 Å². The molecule has 34 heavy (non-hydrogen) atoms. The van der Waals surface area contributed by atoms with Gasteiger partial charge in [0.05, 0.1) is 17.8 Å². The van der Waals surface area contributed by atoms with E-state index in [0.29, 0.717) is 6.54 Å². The number of rotatable bonds is 5. The molecule has 1 N–H and O–H groups in total. The maximum Gasteiger partial charge on any atom is 0.116 e. The standard InChI is InChI=1S/C30H34N4/c1-29(2,3)28(24-15-8-10-17-26(24)34-30(4,5)6)31-19-21-12-11-13-22(18-21)27-23-14-7-9-16-25(23)32-20-33-27/h7-18,20,34H,19H2,1-6H3. The van der Waals surface area contributed by atoms with Crippen LogP contribution in [-0.4, -0.2) is 21.2 Å². The van der Waals surface area contributed by atoms with Crippen LogP contribution >= 0.6 is 0 Å². The summed E-state index contributed by atoms with van der Waals surface area (Å²) in [4.78, 5) is 14.2. The fourth-order valence-corrected chi connectivity index (χ4v) is 4.15. The SMILES string of the molecule is CC(C)(C)Nc1ccccc1C(=NCc1cccc(-c2ncnc3ccccc23)c1)C(C)(C)C. The summed E-state index contributed by atoms with van der Waals surface area (Å²) in [5, 5.41) is 4.71. The van der Waals surface area contributed by atoms with Crippen molar-refractivity contribution in [3.8, 4) is 11.3 Å². The molecule has 0 aliphatic carbocycles. The van der Waals surface area contributed by atoms with Crippen LogP contribution in [0.25, 0.3) is 22.2 Å². The molecule has 4 aromatic rings. The molecule has 4 rings (SSSR count). The third-order valence-electron chi connectivity index (χ3n) is 5.57. The van der Waals surface area contributed by atoms with E-state index in [4.69, 9.17) is 4.99 Å². The lowest BCUT2D eigenvalue weighted by Crippen LogP contribution is -2.29. The predicted octanol–water partition coefficient (Wildman–Crippen LogP) is 7.54. The Morgan fingerprint density at radius 1 is 0.824 bits per heavy atom. The molecular formula is C30H34N4. The lowest BCUT2D eigenvalue weighted by Gasteiger charge is -2.28. The van der Waals surface area contributed by atoms with Crippen LogP contribution in [0, 0.1) is 5.41 Å². The first-order valence-corrected chi connectivity index (χ1v) is 11.8. The molecule has 174 valence electrons. The molecule has 3 aromatic carbocycles. The van der Waals surface area contributed by atoms with E-state index in [0.717, 1.165) is 44.7 Å². The van der Waals surface area contributed by atoms with Gasteiger partial charge in [-0.15, -0.1) is 0 Å². The Morgan fingerprint density at radius 2 is 1.56 bits per heavy atom. The van der Waals surface area contributed by atoms with Gasteiger partial charge in [0.25, 0.3) is 0 Å². The smallest absolute Gasteiger partial charge is 0.116 e. The minimum absolute atomic E-state index is 0.0340. The molecular weight excluding hydrogens is 416 g/mol. The summed E-state index contributed by atoms with van der Waals surface area (Å²) >= 11 is 0. The highest BCUT2D eigenvalue weighted by Crippen LogP contribution is 2.30. The third kappa shape index (κ3) is 5.51. The first-order valence-electron chi connectivity index (χ1n) is 11.8. The molecule has 4 nitrogen and oxygen atoms in total. The van der Waals surface area contributed by atoms with E-state index < -0.39 is 0 Å². The molecule has 0 spiro atoms. The van der Waals surface area contributed by atoms with Crippen molar-refractivity contribution in [2.75, 3.05) is 5.32 Å². The van der Waals surface area contributed by atoms with Crippen molar-refractivity contribution < 1.29 is 0 Å². The largest absolute Gasteiger partial charge is 0.380 e. The average molecular weight is 451 g/mol. The zero-order valence-corrected chi connectivity index (χ0v) is 21.1. The van der Waals surface area contributed by atoms with E-state index in [-0.39, 0.29) is 11.0 Å². The van der Waals surface area contributed by atoms with Crippen molar-refractivity contribution in [2.45, 2.75) is 53.6 Å². The molecule has 0 saturated heterocycles. The second-order valence-corrected chi connectivity index (χ2v) is 10.8. The van der Waals surface area contributed by atoms with Crippen LogP contribution in [0.2, 0.25) is 0 Å². The van der Waals surface area contributed by atoms with E-state index in [1.165, 1.54) is 0 Å². The van der Waals surface area contributed by atoms with E-state index in [1.54, 1.807) is 6.33 Å². The first kappa shape index (κ1) is 23.6. The summed E-state index contributed by atoms with van der Waals surface area (Å²) < 4.78 is 0. The average Bonchev–Trinajstić information content (AvgIpc) is 2.78. The minimum atomic E-state index is -0.101. The Hall–Kier alpha value is -3.53. The first-order chi connectivity index (χ1) is 16.1. The van der Waals surface area contributed by atoms with Crippen LogP contribution in [0.15, 0.2) is 84.1 Å². The summed E-state index contributed by atoms with van der Waals surface area (Å²) in [5.74, 6) is 0. The van der Waals surface area contributed by atoms with Gasteiger partial charge < -0.3 is 5.32 Å². The number of aliphatic imine (C=N–C) groups is 1. The highest BCUT2D eigenvalue weighted by atomic mass is 15.0. The van der Waals surface area contributed by atoms with Crippen LogP contribution in [0.3, 0.4) is 0 Å². The van der Waals surface area contributed by atoms with E-state index >= 15 is 0 Å². The second kappa shape index (κ2) is 9.38. The molecule has 1 aromatic heterocycles. The highest BCUT2D eigenvalue weighted by Gasteiger charge is 2.24. The zero-order chi connectivity index (χ0) is 24.3. The number of hydrogen-bond donors (Lipinski definition) is 1. The van der Waals surface area contributed by atoms with Gasteiger partial charge in [-0.2, -0.15) is 0 Å². The molecule has 0 atom stereocenters. The molecule has 0 unspecified atom stereocenters. The van der Waals surface area contributed by atoms with Crippen molar-refractivity contribution >= 4 is 22.3 Å². The Kier molecular flexibility index (Phi) is 6.52. The highest BCUT2D eigenvalue weighted by molar-refractivity contribution is 6.08. The Bertz CT molecular complexity index is 1320. The molecule has 0 aliphatic rings. The van der Waals surface area contributed by atoms with Crippen molar-refractivity contribution in [2.24, 2.45) is 10.4 Å². The molecule has 4 heteroatoms. The normalized spacial score (nSPS) is 12.7. The van der Waals surface area contributed by atoms with Gasteiger partial charge in [0.15, 0.2) is 0 Å². The van der Waals surface area contributed by atoms with Gasteiger partial charge in [-0.05, 0) is 44.5 Å². The molecule has 0 saturated carbocycles. The summed E-state index contributed by atoms with van der Waals surface area (Å²) in [5.41, 5.74) is 7.37. The van der Waals surface area contributed by atoms with Crippen LogP contribution in [0.4, 0.5) is 5.69 Å². The van der Waals surface area contributed by atoms with Crippen molar-refractivity contribution in [3.05, 3.63) is 90.3 Å². The molecule has 0 amide bonds. The summed E-state index contributed by atoms with van der Waals surface area (Å²) in [6.07, 6.45) is 1.64. The van der Waals surface area contributed by atoms with Gasteiger partial charge in [-0.25, -0.2) is 9.97 Å². The van der Waals surface area contributed by atoms with Crippen LogP contribution in [-0.2, 0) is 6.54 Å². The maximum absolute atomic E-state index is 5.17. The van der Waals surface area contributed by atoms with Gasteiger partial charge in [-0.1, -0.05) is 75.4 Å². The molecule has 0 bridgehead atoms. The van der Waals surface area contributed by atoms with E-state index in [9.17, 15) is 0 Å². The number of aromatic nitrogens is 2.